The third kappa shape index (κ3) is 2.75. The molecule has 0 saturated heterocycles. The molecule has 1 unspecified atom stereocenters. The summed E-state index contributed by atoms with van der Waals surface area (Å²) < 4.78 is 13.1. The number of aliphatic hydroxyl groups is 1. The van der Waals surface area contributed by atoms with Gasteiger partial charge in [0.2, 0.25) is 0 Å². The second-order valence-electron chi connectivity index (χ2n) is 4.08. The summed E-state index contributed by atoms with van der Waals surface area (Å²) in [5.41, 5.74) is 12.8. The maximum Gasteiger partial charge on any atom is 0.123 e. The summed E-state index contributed by atoms with van der Waals surface area (Å²) in [7, 11) is 0. The van der Waals surface area contributed by atoms with Crippen molar-refractivity contribution >= 4 is 11.5 Å². The van der Waals surface area contributed by atoms with E-state index in [0.29, 0.717) is 23.5 Å². The van der Waals surface area contributed by atoms with Crippen molar-refractivity contribution in [2.75, 3.05) is 11.5 Å². The largest absolute Gasteiger partial charge is 0.398 e. The molecule has 0 aliphatic rings. The van der Waals surface area contributed by atoms with Crippen molar-refractivity contribution in [3.05, 3.63) is 53.5 Å². The Morgan fingerprint density at radius 2 is 2.00 bits per heavy atom. The van der Waals surface area contributed by atoms with Crippen molar-refractivity contribution in [2.45, 2.75) is 12.5 Å². The lowest BCUT2D eigenvalue weighted by Crippen LogP contribution is -2.06. The molecule has 94 valence electrons. The molecule has 0 spiro atoms. The smallest absolute Gasteiger partial charge is 0.123 e. The minimum Gasteiger partial charge on any atom is -0.398 e. The van der Waals surface area contributed by atoms with E-state index in [4.69, 9.17) is 11.5 Å². The average Bonchev–Trinajstić information content (AvgIpc) is 2.32. The van der Waals surface area contributed by atoms with Gasteiger partial charge in [-0.2, -0.15) is 0 Å². The minimum absolute atomic E-state index is 0.306. The maximum absolute atomic E-state index is 13.1. The van der Waals surface area contributed by atoms with Crippen LogP contribution in [0.15, 0.2) is 36.5 Å². The van der Waals surface area contributed by atoms with E-state index in [-0.39, 0.29) is 0 Å². The van der Waals surface area contributed by atoms with E-state index in [2.05, 4.69) is 4.98 Å². The Kier molecular flexibility index (Phi) is 3.43. The summed E-state index contributed by atoms with van der Waals surface area (Å²) >= 11 is 0. The highest BCUT2D eigenvalue weighted by atomic mass is 19.1. The predicted octanol–water partition coefficient (Wildman–Crippen LogP) is 1.66. The molecule has 5 N–H and O–H groups in total. The van der Waals surface area contributed by atoms with Gasteiger partial charge in [0.25, 0.3) is 0 Å². The molecule has 5 heteroatoms. The van der Waals surface area contributed by atoms with Crippen LogP contribution in [-0.4, -0.2) is 10.1 Å². The lowest BCUT2D eigenvalue weighted by molar-refractivity contribution is 0.179. The normalized spacial score (nSPS) is 12.3. The van der Waals surface area contributed by atoms with Crippen LogP contribution in [0.25, 0.3) is 0 Å². The van der Waals surface area contributed by atoms with Crippen LogP contribution in [0.5, 0.6) is 0 Å². The number of hydrogen-bond donors (Lipinski definition) is 3. The first-order valence-electron chi connectivity index (χ1n) is 5.49. The van der Waals surface area contributed by atoms with Crippen molar-refractivity contribution in [2.24, 2.45) is 0 Å². The topological polar surface area (TPSA) is 85.2 Å². The Labute approximate surface area is 104 Å². The molecule has 0 aliphatic heterocycles. The van der Waals surface area contributed by atoms with E-state index in [1.807, 2.05) is 0 Å². The van der Waals surface area contributed by atoms with Crippen molar-refractivity contribution in [1.29, 1.82) is 0 Å². The Morgan fingerprint density at radius 3 is 2.72 bits per heavy atom. The number of nitrogen functional groups attached to an aromatic ring is 2. The number of aliphatic hydroxyl groups excluding tert-OH is 1. The van der Waals surface area contributed by atoms with Gasteiger partial charge in [-0.05, 0) is 35.9 Å². The molecule has 4 nitrogen and oxygen atoms in total. The van der Waals surface area contributed by atoms with Gasteiger partial charge in [-0.15, -0.1) is 0 Å². The molecule has 1 aromatic carbocycles. The molecule has 1 heterocycles. The average molecular weight is 247 g/mol. The number of hydrogen-bond acceptors (Lipinski definition) is 4. The molecule has 1 aromatic heterocycles. The number of rotatable bonds is 3. The Balaban J connectivity index is 2.21. The standard InChI is InChI=1S/C13H14FN3O/c14-9-1-2-11(15)10(7-9)12(18)5-8-3-4-17-13(16)6-8/h1-4,6-7,12,18H,5,15H2,(H2,16,17). The first-order chi connectivity index (χ1) is 8.56. The van der Waals surface area contributed by atoms with Crippen LogP contribution in [0, 0.1) is 5.82 Å². The highest BCUT2D eigenvalue weighted by molar-refractivity contribution is 5.48. The minimum atomic E-state index is -0.873. The highest BCUT2D eigenvalue weighted by Crippen LogP contribution is 2.24. The second kappa shape index (κ2) is 5.01. The first kappa shape index (κ1) is 12.3. The Bertz CT molecular complexity index is 560. The van der Waals surface area contributed by atoms with Crippen LogP contribution in [-0.2, 0) is 6.42 Å². The third-order valence-corrected chi connectivity index (χ3v) is 2.68. The molecule has 0 aliphatic carbocycles. The fourth-order valence-electron chi connectivity index (χ4n) is 1.79. The number of halogens is 1. The molecule has 0 radical (unpaired) electrons. The maximum atomic E-state index is 13.1. The van der Waals surface area contributed by atoms with Crippen molar-refractivity contribution in [1.82, 2.24) is 4.98 Å². The van der Waals surface area contributed by atoms with Crippen LogP contribution in [0.2, 0.25) is 0 Å². The van der Waals surface area contributed by atoms with E-state index in [0.717, 1.165) is 5.56 Å². The van der Waals surface area contributed by atoms with E-state index in [9.17, 15) is 9.50 Å². The number of pyridine rings is 1. The van der Waals surface area contributed by atoms with Crippen molar-refractivity contribution in [3.8, 4) is 0 Å². The Morgan fingerprint density at radius 1 is 1.22 bits per heavy atom. The fraction of sp³-hybridized carbons (Fsp3) is 0.154. The van der Waals surface area contributed by atoms with Crippen molar-refractivity contribution in [3.63, 3.8) is 0 Å². The lowest BCUT2D eigenvalue weighted by atomic mass is 10.0. The van der Waals surface area contributed by atoms with Gasteiger partial charge < -0.3 is 16.6 Å². The molecule has 0 bridgehead atoms. The van der Waals surface area contributed by atoms with Gasteiger partial charge in [0, 0.05) is 23.9 Å². The van der Waals surface area contributed by atoms with Crippen molar-refractivity contribution < 1.29 is 9.50 Å². The summed E-state index contributed by atoms with van der Waals surface area (Å²) in [6, 6.07) is 7.35. The van der Waals surface area contributed by atoms with E-state index < -0.39 is 11.9 Å². The first-order valence-corrected chi connectivity index (χ1v) is 5.49. The number of nitrogens with two attached hydrogens (primary N) is 2. The number of aromatic nitrogens is 1. The van der Waals surface area contributed by atoms with Crippen LogP contribution in [0.4, 0.5) is 15.9 Å². The highest BCUT2D eigenvalue weighted by Gasteiger charge is 2.13. The van der Waals surface area contributed by atoms with Gasteiger partial charge in [-0.1, -0.05) is 0 Å². The summed E-state index contributed by atoms with van der Waals surface area (Å²) in [5, 5.41) is 10.1. The number of nitrogens with zero attached hydrogens (tertiary/aromatic N) is 1. The molecule has 2 rings (SSSR count). The summed E-state index contributed by atoms with van der Waals surface area (Å²) in [6.07, 6.45) is 0.995. The predicted molar refractivity (Wildman–Crippen MR) is 68.1 cm³/mol. The summed E-state index contributed by atoms with van der Waals surface area (Å²) in [5.74, 6) is -0.0422. The monoisotopic (exact) mass is 247 g/mol. The molecule has 2 aromatic rings. The molecule has 0 fully saturated rings. The zero-order chi connectivity index (χ0) is 13.1. The van der Waals surface area contributed by atoms with Crippen LogP contribution in [0.1, 0.15) is 17.2 Å². The molecule has 0 amide bonds. The fourth-order valence-corrected chi connectivity index (χ4v) is 1.79. The summed E-state index contributed by atoms with van der Waals surface area (Å²) in [4.78, 5) is 3.86. The molecular weight excluding hydrogens is 233 g/mol. The van der Waals surface area contributed by atoms with Gasteiger partial charge >= 0.3 is 0 Å². The molecule has 0 saturated carbocycles. The summed E-state index contributed by atoms with van der Waals surface area (Å²) in [6.45, 7) is 0. The van der Waals surface area contributed by atoms with Gasteiger partial charge in [-0.25, -0.2) is 9.37 Å². The molecule has 1 atom stereocenters. The second-order valence-corrected chi connectivity index (χ2v) is 4.08. The third-order valence-electron chi connectivity index (χ3n) is 2.68. The number of benzene rings is 1. The van der Waals surface area contributed by atoms with Gasteiger partial charge in [0.15, 0.2) is 0 Å². The number of anilines is 2. The van der Waals surface area contributed by atoms with E-state index >= 15 is 0 Å². The zero-order valence-corrected chi connectivity index (χ0v) is 9.68. The van der Waals surface area contributed by atoms with Gasteiger partial charge in [0.05, 0.1) is 6.10 Å². The molecular formula is C13H14FN3O. The van der Waals surface area contributed by atoms with Crippen LogP contribution >= 0.6 is 0 Å². The lowest BCUT2D eigenvalue weighted by Gasteiger charge is -2.13. The molecule has 18 heavy (non-hydrogen) atoms. The van der Waals surface area contributed by atoms with Crippen LogP contribution < -0.4 is 11.5 Å². The van der Waals surface area contributed by atoms with Gasteiger partial charge in [-0.3, -0.25) is 0 Å². The quantitative estimate of drug-likeness (QED) is 0.720. The van der Waals surface area contributed by atoms with Crippen LogP contribution in [0.3, 0.4) is 0 Å². The van der Waals surface area contributed by atoms with E-state index in [1.165, 1.54) is 18.2 Å². The zero-order valence-electron chi connectivity index (χ0n) is 9.68. The Hall–Kier alpha value is -2.14. The SMILES string of the molecule is Nc1cc(CC(O)c2cc(F)ccc2N)ccn1. The van der Waals surface area contributed by atoms with E-state index in [1.54, 1.807) is 18.3 Å². The van der Waals surface area contributed by atoms with Gasteiger partial charge in [0.1, 0.15) is 11.6 Å².